The molecule has 8 rings (SSSR count). The predicted octanol–water partition coefficient (Wildman–Crippen LogP) is 5.40. The zero-order valence-electron chi connectivity index (χ0n) is 40.7. The molecule has 0 aromatic carbocycles. The van der Waals surface area contributed by atoms with Gasteiger partial charge in [0.25, 0.3) is 0 Å². The van der Waals surface area contributed by atoms with E-state index in [9.17, 15) is 9.59 Å². The highest BCUT2D eigenvalue weighted by Gasteiger charge is 2.29. The number of hydrogen-bond donors (Lipinski definition) is 9. The van der Waals surface area contributed by atoms with E-state index in [2.05, 4.69) is 72.1 Å². The lowest BCUT2D eigenvalue weighted by atomic mass is 9.89. The van der Waals surface area contributed by atoms with Gasteiger partial charge in [0.05, 0.1) is 22.8 Å². The molecule has 15 nitrogen and oxygen atoms in total. The number of carbonyl (C=O) groups is 2. The number of alkyl carbamates (subject to hydrolysis) is 1. The monoisotopic (exact) mass is 978 g/mol. The largest absolute Gasteiger partial charge is 0.462 e. The number of rotatable bonds is 12. The number of thioether (sulfide) groups is 2. The van der Waals surface area contributed by atoms with Crippen molar-refractivity contribution < 1.29 is 19.1 Å². The van der Waals surface area contributed by atoms with Crippen LogP contribution in [0.15, 0.2) is 34.1 Å². The lowest BCUT2D eigenvalue weighted by molar-refractivity contribution is -0.144. The van der Waals surface area contributed by atoms with Crippen LogP contribution in [0.4, 0.5) is 4.79 Å². The Labute approximate surface area is 415 Å². The van der Waals surface area contributed by atoms with Gasteiger partial charge in [0, 0.05) is 129 Å². The minimum Gasteiger partial charge on any atom is -0.462 e. The van der Waals surface area contributed by atoms with E-state index in [0.29, 0.717) is 73.5 Å². The Balaban J connectivity index is 0.734. The van der Waals surface area contributed by atoms with Crippen molar-refractivity contribution in [3.63, 3.8) is 0 Å². The van der Waals surface area contributed by atoms with E-state index in [1.807, 2.05) is 0 Å². The van der Waals surface area contributed by atoms with Crippen LogP contribution < -0.4 is 47.9 Å². The number of nitrogens with zero attached hydrogens (tertiary/aromatic N) is 2. The van der Waals surface area contributed by atoms with Crippen LogP contribution >= 0.6 is 23.5 Å². The maximum Gasteiger partial charge on any atom is 0.407 e. The van der Waals surface area contributed by atoms with Crippen molar-refractivity contribution >= 4 is 35.6 Å². The summed E-state index contributed by atoms with van der Waals surface area (Å²) in [6.45, 7) is 7.50. The summed E-state index contributed by atoms with van der Waals surface area (Å²) in [5.74, 6) is 1.22. The Morgan fingerprint density at radius 2 is 0.824 bits per heavy atom. The molecule has 17 heteroatoms. The van der Waals surface area contributed by atoms with Crippen molar-refractivity contribution in [1.29, 1.82) is 0 Å². The van der Waals surface area contributed by atoms with Gasteiger partial charge in [-0.15, -0.1) is 23.5 Å². The third-order valence-electron chi connectivity index (χ3n) is 14.9. The molecule has 2 aromatic rings. The molecule has 378 valence electrons. The van der Waals surface area contributed by atoms with Crippen LogP contribution in [0.25, 0.3) is 0 Å². The molecule has 4 aliphatic carbocycles. The van der Waals surface area contributed by atoms with E-state index < -0.39 is 6.09 Å². The van der Waals surface area contributed by atoms with Gasteiger partial charge in [-0.05, 0) is 87.8 Å². The van der Waals surface area contributed by atoms with E-state index in [0.717, 1.165) is 85.8 Å². The van der Waals surface area contributed by atoms with Crippen molar-refractivity contribution in [3.05, 3.63) is 47.0 Å². The Morgan fingerprint density at radius 3 is 1.21 bits per heavy atom. The SMILES string of the molecule is O=C(CCCSc1cc2nc(c1)CN[C@@H]1CCCC[C@H]1NCCN[C@@H]1CCCC[C@H]1NC2)OCCOC(=O)NCCSc1cc2nc(c1)CN[C@@H]1CCCC[C@H]1NCCN[C@@H]1CCCC[C@H]1NC2. The van der Waals surface area contributed by atoms with Crippen molar-refractivity contribution in [2.24, 2.45) is 0 Å². The summed E-state index contributed by atoms with van der Waals surface area (Å²) in [6.07, 6.45) is 20.3. The van der Waals surface area contributed by atoms with E-state index in [-0.39, 0.29) is 19.2 Å². The van der Waals surface area contributed by atoms with Crippen molar-refractivity contribution in [2.75, 3.05) is 57.4 Å². The maximum absolute atomic E-state index is 12.6. The van der Waals surface area contributed by atoms with E-state index in [1.54, 1.807) is 23.5 Å². The number of carbonyl (C=O) groups excluding carboxylic acids is 2. The van der Waals surface area contributed by atoms with E-state index >= 15 is 0 Å². The quantitative estimate of drug-likeness (QED) is 0.0748. The van der Waals surface area contributed by atoms with Crippen molar-refractivity contribution in [3.8, 4) is 0 Å². The smallest absolute Gasteiger partial charge is 0.407 e. The van der Waals surface area contributed by atoms with Gasteiger partial charge >= 0.3 is 12.1 Å². The van der Waals surface area contributed by atoms with Crippen LogP contribution in [0, 0.1) is 0 Å². The molecule has 0 unspecified atom stereocenters. The first-order valence-corrected chi connectivity index (χ1v) is 28.7. The third kappa shape index (κ3) is 17.0. The molecule has 4 saturated carbocycles. The summed E-state index contributed by atoms with van der Waals surface area (Å²) in [4.78, 5) is 37.7. The van der Waals surface area contributed by atoms with Gasteiger partial charge in [0.15, 0.2) is 0 Å². The van der Waals surface area contributed by atoms with E-state index in [4.69, 9.17) is 19.4 Å². The average molecular weight is 978 g/mol. The fraction of sp³-hybridized carbons (Fsp3) is 0.765. The summed E-state index contributed by atoms with van der Waals surface area (Å²) in [6, 6.07) is 12.6. The van der Waals surface area contributed by atoms with Gasteiger partial charge in [-0.1, -0.05) is 51.4 Å². The molecular weight excluding hydrogens is 895 g/mol. The fourth-order valence-corrected chi connectivity index (χ4v) is 13.2. The van der Waals surface area contributed by atoms with Gasteiger partial charge in [0.1, 0.15) is 13.2 Å². The number of hydrogen-bond acceptors (Lipinski definition) is 16. The van der Waals surface area contributed by atoms with Crippen LogP contribution in [0.2, 0.25) is 0 Å². The molecule has 1 amide bonds. The molecule has 2 aliphatic heterocycles. The molecule has 6 aliphatic rings. The van der Waals surface area contributed by atoms with Crippen LogP contribution in [0.5, 0.6) is 0 Å². The molecular formula is C51H83N11O4S2. The highest BCUT2D eigenvalue weighted by molar-refractivity contribution is 7.99. The first-order valence-electron chi connectivity index (χ1n) is 26.7. The van der Waals surface area contributed by atoms with Crippen molar-refractivity contribution in [2.45, 2.75) is 200 Å². The number of amides is 1. The summed E-state index contributed by atoms with van der Waals surface area (Å²) < 4.78 is 10.8. The van der Waals surface area contributed by atoms with Crippen LogP contribution in [0.1, 0.15) is 138 Å². The molecule has 8 atom stereocenters. The average Bonchev–Trinajstić information content (AvgIpc) is 3.37. The predicted molar refractivity (Wildman–Crippen MR) is 273 cm³/mol. The van der Waals surface area contributed by atoms with Gasteiger partial charge in [-0.3, -0.25) is 14.8 Å². The zero-order chi connectivity index (χ0) is 46.6. The molecule has 2 aromatic heterocycles. The van der Waals surface area contributed by atoms with Crippen LogP contribution in [-0.2, 0) is 40.4 Å². The van der Waals surface area contributed by atoms with Gasteiger partial charge in [-0.25, -0.2) is 4.79 Å². The van der Waals surface area contributed by atoms with Gasteiger partial charge in [-0.2, -0.15) is 0 Å². The number of nitrogens with one attached hydrogen (secondary N) is 9. The van der Waals surface area contributed by atoms with Gasteiger partial charge in [0.2, 0.25) is 0 Å². The van der Waals surface area contributed by atoms with Crippen LogP contribution in [0.3, 0.4) is 0 Å². The highest BCUT2D eigenvalue weighted by atomic mass is 32.2. The first-order chi connectivity index (χ1) is 33.5. The minimum absolute atomic E-state index is 0.0191. The molecule has 0 radical (unpaired) electrons. The molecule has 0 saturated heterocycles. The molecule has 68 heavy (non-hydrogen) atoms. The summed E-state index contributed by atoms with van der Waals surface area (Å²) >= 11 is 3.49. The summed E-state index contributed by atoms with van der Waals surface area (Å²) in [5, 5.41) is 33.8. The molecule has 4 fully saturated rings. The number of pyridine rings is 2. The van der Waals surface area contributed by atoms with Crippen LogP contribution in [-0.4, -0.2) is 128 Å². The normalized spacial score (nSPS) is 28.8. The Kier molecular flexibility index (Phi) is 21.7. The standard InChI is InChI=1S/C51H83N11O4S2/c63-50(18-9-26-67-40-28-36-32-57-46-14-5-1-10-42(46)52-19-20-53-43-11-2-6-15-47(43)58-33-37(29-40)61-36)65-24-25-66-51(64)56-23-27-68-41-30-38-34-59-48-16-7-3-12-44(48)54-21-22-55-45-13-4-8-17-49(45)60-35-39(31-41)62-38/h28-31,42-49,52-55,57-60H,1-27,32-35H2,(H,56,64)/t42-,43-,44-,45-,46-,47-,48-,49-/m1/s1. The fourth-order valence-electron chi connectivity index (χ4n) is 11.4. The zero-order valence-corrected chi connectivity index (χ0v) is 42.3. The first kappa shape index (κ1) is 51.8. The second-order valence-electron chi connectivity index (χ2n) is 20.0. The molecule has 4 bridgehead atoms. The second-order valence-corrected chi connectivity index (χ2v) is 22.3. The number of fused-ring (bicyclic) bond motifs is 8. The number of ether oxygens (including phenoxy) is 2. The maximum atomic E-state index is 12.6. The molecule has 0 spiro atoms. The minimum atomic E-state index is -0.503. The lowest BCUT2D eigenvalue weighted by Crippen LogP contribution is -2.53. The summed E-state index contributed by atoms with van der Waals surface area (Å²) in [5.41, 5.74) is 4.27. The number of esters is 1. The Bertz CT molecular complexity index is 1620. The topological polar surface area (TPSA) is 187 Å². The Hall–Kier alpha value is -2.58. The van der Waals surface area contributed by atoms with E-state index in [1.165, 1.54) is 108 Å². The lowest BCUT2D eigenvalue weighted by Gasteiger charge is -2.34. The highest BCUT2D eigenvalue weighted by Crippen LogP contribution is 2.26. The Morgan fingerprint density at radius 1 is 0.485 bits per heavy atom. The van der Waals surface area contributed by atoms with Crippen molar-refractivity contribution in [1.82, 2.24) is 57.8 Å². The summed E-state index contributed by atoms with van der Waals surface area (Å²) in [7, 11) is 0. The third-order valence-corrected chi connectivity index (χ3v) is 17.0. The second kappa shape index (κ2) is 28.5. The van der Waals surface area contributed by atoms with Gasteiger partial charge < -0.3 is 57.3 Å². The number of aromatic nitrogens is 2. The molecule has 9 N–H and O–H groups in total. The molecule has 4 heterocycles.